The van der Waals surface area contributed by atoms with Gasteiger partial charge in [0, 0.05) is 24.2 Å². The van der Waals surface area contributed by atoms with Crippen LogP contribution in [0.3, 0.4) is 0 Å². The van der Waals surface area contributed by atoms with Crippen LogP contribution in [0.2, 0.25) is 0 Å². The van der Waals surface area contributed by atoms with Crippen LogP contribution in [0, 0.1) is 5.82 Å². The molecular weight excluding hydrogens is 255 g/mol. The van der Waals surface area contributed by atoms with E-state index in [4.69, 9.17) is 4.74 Å². The highest BCUT2D eigenvalue weighted by Gasteiger charge is 2.09. The van der Waals surface area contributed by atoms with Crippen LogP contribution < -0.4 is 10.1 Å². The van der Waals surface area contributed by atoms with Crippen LogP contribution in [-0.4, -0.2) is 10.5 Å². The van der Waals surface area contributed by atoms with Gasteiger partial charge in [-0.2, -0.15) is 0 Å². The maximum absolute atomic E-state index is 13.1. The second-order valence-electron chi connectivity index (χ2n) is 5.63. The molecule has 0 amide bonds. The van der Waals surface area contributed by atoms with Gasteiger partial charge in [0.05, 0.1) is 5.69 Å². The number of hydrogen-bond acceptors (Lipinski definition) is 3. The van der Waals surface area contributed by atoms with E-state index < -0.39 is 0 Å². The number of hydrogen-bond donors (Lipinski definition) is 1. The summed E-state index contributed by atoms with van der Waals surface area (Å²) in [6.45, 7) is 6.95. The molecule has 0 saturated carbocycles. The molecule has 0 unspecified atom stereocenters. The molecule has 3 nitrogen and oxygen atoms in total. The van der Waals surface area contributed by atoms with Gasteiger partial charge in [-0.15, -0.1) is 0 Å². The molecular formula is C16H19FN2O. The maximum atomic E-state index is 13.1. The van der Waals surface area contributed by atoms with Crippen LogP contribution >= 0.6 is 0 Å². The zero-order valence-electron chi connectivity index (χ0n) is 12.0. The lowest BCUT2D eigenvalue weighted by Gasteiger charge is -2.20. The number of rotatable bonds is 4. The van der Waals surface area contributed by atoms with E-state index in [-0.39, 0.29) is 11.4 Å². The Bertz CT molecular complexity index is 579. The molecule has 20 heavy (non-hydrogen) atoms. The van der Waals surface area contributed by atoms with Gasteiger partial charge in [-0.1, -0.05) is 12.1 Å². The minimum atomic E-state index is -0.326. The molecule has 2 rings (SSSR count). The van der Waals surface area contributed by atoms with Gasteiger partial charge in [0.1, 0.15) is 11.6 Å². The van der Waals surface area contributed by atoms with Crippen molar-refractivity contribution in [2.75, 3.05) is 0 Å². The van der Waals surface area contributed by atoms with Crippen molar-refractivity contribution in [1.29, 1.82) is 0 Å². The van der Waals surface area contributed by atoms with Gasteiger partial charge in [0.2, 0.25) is 5.88 Å². The molecule has 0 aliphatic rings. The highest BCUT2D eigenvalue weighted by molar-refractivity contribution is 5.28. The minimum Gasteiger partial charge on any atom is -0.439 e. The molecule has 0 aliphatic carbocycles. The lowest BCUT2D eigenvalue weighted by Crippen LogP contribution is -2.35. The highest BCUT2D eigenvalue weighted by Crippen LogP contribution is 2.20. The third-order valence-electron chi connectivity index (χ3n) is 2.60. The number of pyridine rings is 1. The van der Waals surface area contributed by atoms with E-state index in [1.54, 1.807) is 18.2 Å². The first-order chi connectivity index (χ1) is 9.42. The van der Waals surface area contributed by atoms with Crippen LogP contribution in [0.25, 0.3) is 0 Å². The molecule has 0 saturated heterocycles. The van der Waals surface area contributed by atoms with Crippen molar-refractivity contribution < 1.29 is 9.13 Å². The predicted molar refractivity (Wildman–Crippen MR) is 77.3 cm³/mol. The number of aromatic nitrogens is 1. The number of benzene rings is 1. The topological polar surface area (TPSA) is 34.1 Å². The van der Waals surface area contributed by atoms with Crippen LogP contribution in [0.4, 0.5) is 4.39 Å². The van der Waals surface area contributed by atoms with E-state index in [1.165, 1.54) is 12.1 Å². The van der Waals surface area contributed by atoms with Gasteiger partial charge >= 0.3 is 0 Å². The second-order valence-corrected chi connectivity index (χ2v) is 5.63. The zero-order chi connectivity index (χ0) is 14.6. The van der Waals surface area contributed by atoms with Gasteiger partial charge < -0.3 is 10.1 Å². The summed E-state index contributed by atoms with van der Waals surface area (Å²) in [6.07, 6.45) is 0. The van der Waals surface area contributed by atoms with Gasteiger partial charge in [0.15, 0.2) is 0 Å². The van der Waals surface area contributed by atoms with Crippen LogP contribution in [0.5, 0.6) is 11.6 Å². The Morgan fingerprint density at radius 1 is 1.15 bits per heavy atom. The molecule has 0 spiro atoms. The SMILES string of the molecule is CC(C)(C)NCc1cccc(Oc2cccc(F)c2)n1. The van der Waals surface area contributed by atoms with Gasteiger partial charge in [-0.25, -0.2) is 9.37 Å². The van der Waals surface area contributed by atoms with Gasteiger partial charge in [0.25, 0.3) is 0 Å². The van der Waals surface area contributed by atoms with E-state index in [0.717, 1.165) is 5.69 Å². The lowest BCUT2D eigenvalue weighted by molar-refractivity contribution is 0.415. The van der Waals surface area contributed by atoms with Crippen LogP contribution in [-0.2, 0) is 6.54 Å². The highest BCUT2D eigenvalue weighted by atomic mass is 19.1. The largest absolute Gasteiger partial charge is 0.439 e. The average molecular weight is 274 g/mol. The molecule has 4 heteroatoms. The average Bonchev–Trinajstić information content (AvgIpc) is 2.36. The summed E-state index contributed by atoms with van der Waals surface area (Å²) in [5.74, 6) is 0.579. The number of nitrogens with one attached hydrogen (secondary N) is 1. The summed E-state index contributed by atoms with van der Waals surface area (Å²) >= 11 is 0. The number of halogens is 1. The van der Waals surface area contributed by atoms with Crippen molar-refractivity contribution in [2.24, 2.45) is 0 Å². The van der Waals surface area contributed by atoms with Crippen LogP contribution in [0.15, 0.2) is 42.5 Å². The number of ether oxygens (including phenoxy) is 1. The van der Waals surface area contributed by atoms with Crippen molar-refractivity contribution in [3.63, 3.8) is 0 Å². The maximum Gasteiger partial charge on any atom is 0.219 e. The Hall–Kier alpha value is -1.94. The molecule has 0 aliphatic heterocycles. The van der Waals surface area contributed by atoms with E-state index in [0.29, 0.717) is 18.2 Å². The van der Waals surface area contributed by atoms with Crippen molar-refractivity contribution >= 4 is 0 Å². The molecule has 2 aromatic rings. The Balaban J connectivity index is 2.06. The third-order valence-corrected chi connectivity index (χ3v) is 2.60. The summed E-state index contributed by atoms with van der Waals surface area (Å²) in [5.41, 5.74) is 0.912. The van der Waals surface area contributed by atoms with E-state index in [2.05, 4.69) is 31.1 Å². The quantitative estimate of drug-likeness (QED) is 0.918. The summed E-state index contributed by atoms with van der Waals surface area (Å²) in [5, 5.41) is 3.36. The second kappa shape index (κ2) is 6.01. The first-order valence-electron chi connectivity index (χ1n) is 6.57. The fraction of sp³-hybridized carbons (Fsp3) is 0.312. The lowest BCUT2D eigenvalue weighted by atomic mass is 10.1. The monoisotopic (exact) mass is 274 g/mol. The smallest absolute Gasteiger partial charge is 0.219 e. The fourth-order valence-electron chi connectivity index (χ4n) is 1.62. The Morgan fingerprint density at radius 2 is 1.90 bits per heavy atom. The minimum absolute atomic E-state index is 0.0289. The summed E-state index contributed by atoms with van der Waals surface area (Å²) in [7, 11) is 0. The van der Waals surface area contributed by atoms with Gasteiger partial charge in [-0.3, -0.25) is 0 Å². The first-order valence-corrected chi connectivity index (χ1v) is 6.57. The summed E-state index contributed by atoms with van der Waals surface area (Å²) < 4.78 is 18.6. The molecule has 1 aromatic carbocycles. The van der Waals surface area contributed by atoms with Crippen LogP contribution in [0.1, 0.15) is 26.5 Å². The first kappa shape index (κ1) is 14.5. The molecule has 0 bridgehead atoms. The van der Waals surface area contributed by atoms with Crippen molar-refractivity contribution in [3.05, 3.63) is 54.0 Å². The third kappa shape index (κ3) is 4.63. The molecule has 1 N–H and O–H groups in total. The number of nitrogens with zero attached hydrogens (tertiary/aromatic N) is 1. The van der Waals surface area contributed by atoms with Crippen molar-refractivity contribution in [2.45, 2.75) is 32.9 Å². The molecule has 1 aromatic heterocycles. The van der Waals surface area contributed by atoms with E-state index in [1.807, 2.05) is 12.1 Å². The standard InChI is InChI=1S/C16H19FN2O/c1-16(2,3)18-11-13-7-5-9-15(19-13)20-14-8-4-6-12(17)10-14/h4-10,18H,11H2,1-3H3. The summed E-state index contributed by atoms with van der Waals surface area (Å²) in [6, 6.07) is 11.6. The predicted octanol–water partition coefficient (Wildman–Crippen LogP) is 3.90. The molecule has 0 fully saturated rings. The Kier molecular flexibility index (Phi) is 4.35. The molecule has 1 heterocycles. The Morgan fingerprint density at radius 3 is 2.60 bits per heavy atom. The molecule has 0 radical (unpaired) electrons. The van der Waals surface area contributed by atoms with E-state index in [9.17, 15) is 4.39 Å². The van der Waals surface area contributed by atoms with Gasteiger partial charge in [-0.05, 0) is 39.0 Å². The zero-order valence-corrected chi connectivity index (χ0v) is 12.0. The van der Waals surface area contributed by atoms with Crippen molar-refractivity contribution in [3.8, 4) is 11.6 Å². The van der Waals surface area contributed by atoms with E-state index >= 15 is 0 Å². The normalized spacial score (nSPS) is 11.4. The van der Waals surface area contributed by atoms with Crippen molar-refractivity contribution in [1.82, 2.24) is 10.3 Å². The summed E-state index contributed by atoms with van der Waals surface area (Å²) in [4.78, 5) is 4.39. The molecule has 106 valence electrons. The fourth-order valence-corrected chi connectivity index (χ4v) is 1.62. The molecule has 0 atom stereocenters. The Labute approximate surface area is 118 Å².